The van der Waals surface area contributed by atoms with Crippen molar-refractivity contribution < 1.29 is 59.5 Å². The Morgan fingerprint density at radius 1 is 0.943 bits per heavy atom. The number of aliphatic hydroxyl groups excluding tert-OH is 4. The first-order chi connectivity index (χ1) is 16.6. The fourth-order valence-corrected chi connectivity index (χ4v) is 3.71. The molecular weight excluding hydrogens is 472 g/mol. The minimum absolute atomic E-state index is 0.0804. The molecule has 0 unspecified atom stereocenters. The lowest BCUT2D eigenvalue weighted by Crippen LogP contribution is -2.60. The van der Waals surface area contributed by atoms with Gasteiger partial charge in [-0.2, -0.15) is 0 Å². The number of methoxy groups -OCH3 is 1. The van der Waals surface area contributed by atoms with Crippen LogP contribution in [0.15, 0.2) is 33.5 Å². The van der Waals surface area contributed by atoms with E-state index in [1.807, 2.05) is 0 Å². The summed E-state index contributed by atoms with van der Waals surface area (Å²) < 4.78 is 21.5. The second-order valence-corrected chi connectivity index (χ2v) is 7.79. The first-order valence-electron chi connectivity index (χ1n) is 10.2. The van der Waals surface area contributed by atoms with Gasteiger partial charge < -0.3 is 59.5 Å². The van der Waals surface area contributed by atoms with E-state index in [1.54, 1.807) is 0 Å². The van der Waals surface area contributed by atoms with E-state index >= 15 is 0 Å². The van der Waals surface area contributed by atoms with Crippen molar-refractivity contribution in [3.05, 3.63) is 34.5 Å². The molecule has 1 saturated heterocycles. The number of aliphatic hydroxyl groups is 4. The Hall–Kier alpha value is -3.75. The fourth-order valence-electron chi connectivity index (χ4n) is 3.71. The number of ether oxygens (including phenoxy) is 3. The van der Waals surface area contributed by atoms with E-state index < -0.39 is 77.2 Å². The Labute approximate surface area is 195 Å². The summed E-state index contributed by atoms with van der Waals surface area (Å²) in [6.45, 7) is -0.755. The predicted octanol–water partition coefficient (Wildman–Crippen LogP) is -0.530. The van der Waals surface area contributed by atoms with Crippen LogP contribution < -0.4 is 14.9 Å². The molecular formula is C22H22O13. The molecule has 1 aromatic heterocycles. The van der Waals surface area contributed by atoms with Crippen LogP contribution in [0.25, 0.3) is 22.3 Å². The van der Waals surface area contributed by atoms with Gasteiger partial charge in [-0.1, -0.05) is 0 Å². The molecule has 13 heteroatoms. The highest BCUT2D eigenvalue weighted by atomic mass is 16.7. The van der Waals surface area contributed by atoms with Crippen LogP contribution in [0.3, 0.4) is 0 Å². The molecule has 2 heterocycles. The van der Waals surface area contributed by atoms with Crippen LogP contribution in [0.1, 0.15) is 0 Å². The van der Waals surface area contributed by atoms with Crippen molar-refractivity contribution in [3.8, 4) is 45.8 Å². The van der Waals surface area contributed by atoms with Gasteiger partial charge in [-0.3, -0.25) is 4.79 Å². The van der Waals surface area contributed by atoms with Crippen LogP contribution in [0.2, 0.25) is 0 Å². The van der Waals surface area contributed by atoms with E-state index in [9.17, 15) is 45.6 Å². The van der Waals surface area contributed by atoms with E-state index in [0.29, 0.717) is 0 Å². The summed E-state index contributed by atoms with van der Waals surface area (Å²) in [5.74, 6) is -3.63. The lowest BCUT2D eigenvalue weighted by Gasteiger charge is -2.39. The SMILES string of the molecule is COc1cc(-c2oc3c(O)cc(O)cc3c(=O)c2O[C@H]2O[C@@H](CO)[C@H](O)[C@@H](O)[C@@H]2O)cc(O)c1O. The average Bonchev–Trinajstić information content (AvgIpc) is 2.82. The molecule has 0 amide bonds. The van der Waals surface area contributed by atoms with Gasteiger partial charge in [0.05, 0.1) is 19.1 Å². The maximum absolute atomic E-state index is 13.4. The van der Waals surface area contributed by atoms with Gasteiger partial charge in [0.1, 0.15) is 30.2 Å². The number of benzene rings is 2. The van der Waals surface area contributed by atoms with Gasteiger partial charge in [0, 0.05) is 11.6 Å². The van der Waals surface area contributed by atoms with Crippen LogP contribution in [0.5, 0.6) is 34.5 Å². The summed E-state index contributed by atoms with van der Waals surface area (Å²) in [4.78, 5) is 13.4. The van der Waals surface area contributed by atoms with E-state index in [0.717, 1.165) is 18.2 Å². The molecule has 5 atom stereocenters. The quantitative estimate of drug-likeness (QED) is 0.209. The highest BCUT2D eigenvalue weighted by Gasteiger charge is 2.45. The molecule has 3 aromatic rings. The Balaban J connectivity index is 1.94. The van der Waals surface area contributed by atoms with Crippen molar-refractivity contribution in [1.29, 1.82) is 0 Å². The third-order valence-corrected chi connectivity index (χ3v) is 5.53. The monoisotopic (exact) mass is 494 g/mol. The summed E-state index contributed by atoms with van der Waals surface area (Å²) in [5.41, 5.74) is -1.41. The molecule has 0 spiro atoms. The summed E-state index contributed by atoms with van der Waals surface area (Å²) in [6.07, 6.45) is -8.51. The van der Waals surface area contributed by atoms with Gasteiger partial charge in [-0.25, -0.2) is 0 Å². The largest absolute Gasteiger partial charge is 0.508 e. The number of fused-ring (bicyclic) bond motifs is 1. The van der Waals surface area contributed by atoms with Gasteiger partial charge in [0.15, 0.2) is 28.6 Å². The van der Waals surface area contributed by atoms with E-state index in [-0.39, 0.29) is 22.3 Å². The first kappa shape index (κ1) is 24.4. The zero-order valence-electron chi connectivity index (χ0n) is 18.0. The molecule has 188 valence electrons. The van der Waals surface area contributed by atoms with Gasteiger partial charge in [0.2, 0.25) is 23.2 Å². The normalized spacial score (nSPS) is 24.4. The van der Waals surface area contributed by atoms with Crippen molar-refractivity contribution in [3.63, 3.8) is 0 Å². The van der Waals surface area contributed by atoms with Crippen LogP contribution in [0.4, 0.5) is 0 Å². The van der Waals surface area contributed by atoms with Crippen LogP contribution in [-0.2, 0) is 4.74 Å². The molecule has 1 aliphatic rings. The molecule has 1 fully saturated rings. The average molecular weight is 494 g/mol. The zero-order valence-corrected chi connectivity index (χ0v) is 18.0. The van der Waals surface area contributed by atoms with Gasteiger partial charge >= 0.3 is 0 Å². The number of hydrogen-bond donors (Lipinski definition) is 8. The summed E-state index contributed by atoms with van der Waals surface area (Å²) in [5, 5.41) is 79.6. The third-order valence-electron chi connectivity index (χ3n) is 5.53. The summed E-state index contributed by atoms with van der Waals surface area (Å²) >= 11 is 0. The zero-order chi connectivity index (χ0) is 25.6. The minimum atomic E-state index is -1.88. The molecule has 0 radical (unpaired) electrons. The summed E-state index contributed by atoms with van der Waals surface area (Å²) in [7, 11) is 1.20. The van der Waals surface area contributed by atoms with Crippen LogP contribution >= 0.6 is 0 Å². The molecule has 0 bridgehead atoms. The van der Waals surface area contributed by atoms with Crippen molar-refractivity contribution >= 4 is 11.0 Å². The maximum Gasteiger partial charge on any atom is 0.235 e. The Bertz CT molecular complexity index is 1320. The number of rotatable bonds is 5. The Kier molecular flexibility index (Phi) is 6.36. The van der Waals surface area contributed by atoms with Crippen molar-refractivity contribution in [2.24, 2.45) is 0 Å². The highest BCUT2D eigenvalue weighted by Crippen LogP contribution is 2.43. The highest BCUT2D eigenvalue weighted by molar-refractivity contribution is 5.88. The van der Waals surface area contributed by atoms with Crippen molar-refractivity contribution in [1.82, 2.24) is 0 Å². The molecule has 13 nitrogen and oxygen atoms in total. The number of phenolic OH excluding ortho intramolecular Hbond substituents is 4. The molecule has 4 rings (SSSR count). The fraction of sp³-hybridized carbons (Fsp3) is 0.318. The molecule has 0 saturated carbocycles. The van der Waals surface area contributed by atoms with E-state index in [4.69, 9.17) is 18.6 Å². The third kappa shape index (κ3) is 4.15. The molecule has 1 aliphatic heterocycles. The maximum atomic E-state index is 13.4. The molecule has 2 aromatic carbocycles. The Morgan fingerprint density at radius 3 is 2.31 bits per heavy atom. The second-order valence-electron chi connectivity index (χ2n) is 7.79. The van der Waals surface area contributed by atoms with Gasteiger partial charge in [-0.05, 0) is 18.2 Å². The van der Waals surface area contributed by atoms with Crippen molar-refractivity contribution in [2.45, 2.75) is 30.7 Å². The number of hydrogen-bond acceptors (Lipinski definition) is 13. The first-order valence-corrected chi connectivity index (χ1v) is 10.2. The van der Waals surface area contributed by atoms with Gasteiger partial charge in [0.25, 0.3) is 0 Å². The standard InChI is InChI=1S/C22H22O13/c1-32-12-3-7(2-10(25)15(12)28)19-21(14(27)9-4-8(24)5-11(26)20(9)34-19)35-22-18(31)17(30)16(29)13(6-23)33-22/h2-5,13,16-18,22-26,28-31H,6H2,1H3/t13-,16-,17+,18-,22+/m0/s1. The van der Waals surface area contributed by atoms with Crippen molar-refractivity contribution in [2.75, 3.05) is 13.7 Å². The Morgan fingerprint density at radius 2 is 1.66 bits per heavy atom. The lowest BCUT2D eigenvalue weighted by atomic mass is 9.99. The second kappa shape index (κ2) is 9.13. The smallest absolute Gasteiger partial charge is 0.235 e. The molecule has 0 aliphatic carbocycles. The molecule has 35 heavy (non-hydrogen) atoms. The van der Waals surface area contributed by atoms with E-state index in [1.165, 1.54) is 13.2 Å². The number of phenols is 4. The summed E-state index contributed by atoms with van der Waals surface area (Å²) in [6, 6.07) is 4.08. The minimum Gasteiger partial charge on any atom is -0.508 e. The van der Waals surface area contributed by atoms with Crippen LogP contribution in [0, 0.1) is 0 Å². The number of aromatic hydroxyl groups is 4. The topological polar surface area (TPSA) is 220 Å². The van der Waals surface area contributed by atoms with E-state index in [2.05, 4.69) is 0 Å². The molecule has 8 N–H and O–H groups in total. The van der Waals surface area contributed by atoms with Crippen LogP contribution in [-0.4, -0.2) is 85.3 Å². The predicted molar refractivity (Wildman–Crippen MR) is 116 cm³/mol. The lowest BCUT2D eigenvalue weighted by molar-refractivity contribution is -0.277. The van der Waals surface area contributed by atoms with Gasteiger partial charge in [-0.15, -0.1) is 0 Å².